The second kappa shape index (κ2) is 8.35. The maximum atomic E-state index is 6.06. The van der Waals surface area contributed by atoms with Crippen molar-refractivity contribution >= 4 is 11.6 Å². The van der Waals surface area contributed by atoms with Crippen molar-refractivity contribution in [2.24, 2.45) is 0 Å². The lowest BCUT2D eigenvalue weighted by Gasteiger charge is -2.21. The number of halogens is 1. The Morgan fingerprint density at radius 2 is 2.11 bits per heavy atom. The summed E-state index contributed by atoms with van der Waals surface area (Å²) >= 11 is 6.06. The summed E-state index contributed by atoms with van der Waals surface area (Å²) in [7, 11) is 1.68. The molecule has 0 bridgehead atoms. The van der Waals surface area contributed by atoms with Gasteiger partial charge in [-0.25, -0.2) is 0 Å². The monoisotopic (exact) mass is 271 g/mol. The molecule has 18 heavy (non-hydrogen) atoms. The van der Waals surface area contributed by atoms with Gasteiger partial charge in [0.1, 0.15) is 5.75 Å². The van der Waals surface area contributed by atoms with Gasteiger partial charge in [0.15, 0.2) is 0 Å². The molecule has 1 unspecified atom stereocenters. The summed E-state index contributed by atoms with van der Waals surface area (Å²) < 4.78 is 10.8. The van der Waals surface area contributed by atoms with Crippen LogP contribution in [0.15, 0.2) is 18.2 Å². The van der Waals surface area contributed by atoms with E-state index in [1.54, 1.807) is 7.11 Å². The maximum Gasteiger partial charge on any atom is 0.123 e. The fraction of sp³-hybridized carbons (Fsp3) is 0.571. The molecule has 0 spiro atoms. The molecular formula is C14H22ClNO2. The topological polar surface area (TPSA) is 30.5 Å². The van der Waals surface area contributed by atoms with Crippen molar-refractivity contribution in [1.82, 2.24) is 5.32 Å². The third-order valence-corrected chi connectivity index (χ3v) is 3.01. The number of hydrogen-bond acceptors (Lipinski definition) is 3. The van der Waals surface area contributed by atoms with Crippen LogP contribution < -0.4 is 10.1 Å². The summed E-state index contributed by atoms with van der Waals surface area (Å²) in [6.45, 7) is 6.45. The lowest BCUT2D eigenvalue weighted by Crippen LogP contribution is -2.23. The van der Waals surface area contributed by atoms with Gasteiger partial charge in [-0.1, -0.05) is 18.5 Å². The second-order valence-electron chi connectivity index (χ2n) is 3.98. The minimum absolute atomic E-state index is 0.204. The summed E-state index contributed by atoms with van der Waals surface area (Å²) in [6, 6.07) is 5.91. The summed E-state index contributed by atoms with van der Waals surface area (Å²) in [5.74, 6) is 0.863. The highest BCUT2D eigenvalue weighted by atomic mass is 35.5. The van der Waals surface area contributed by atoms with Crippen LogP contribution in [0.25, 0.3) is 0 Å². The lowest BCUT2D eigenvalue weighted by molar-refractivity contribution is 0.136. The van der Waals surface area contributed by atoms with E-state index in [9.17, 15) is 0 Å². The van der Waals surface area contributed by atoms with Crippen LogP contribution in [0.1, 0.15) is 31.9 Å². The van der Waals surface area contributed by atoms with Gasteiger partial charge in [-0.3, -0.25) is 0 Å². The molecule has 4 heteroatoms. The molecule has 0 fully saturated rings. The minimum Gasteiger partial charge on any atom is -0.496 e. The van der Waals surface area contributed by atoms with Crippen LogP contribution in [-0.2, 0) is 4.74 Å². The van der Waals surface area contributed by atoms with Crippen molar-refractivity contribution in [3.8, 4) is 5.75 Å². The summed E-state index contributed by atoms with van der Waals surface area (Å²) in [4.78, 5) is 0. The molecule has 3 nitrogen and oxygen atoms in total. The zero-order valence-corrected chi connectivity index (χ0v) is 12.1. The number of nitrogens with one attached hydrogen (secondary N) is 1. The predicted molar refractivity (Wildman–Crippen MR) is 75.5 cm³/mol. The minimum atomic E-state index is 0.204. The van der Waals surface area contributed by atoms with Crippen LogP contribution in [0.4, 0.5) is 0 Å². The molecule has 0 aliphatic heterocycles. The summed E-state index contributed by atoms with van der Waals surface area (Å²) in [5, 5.41) is 4.17. The van der Waals surface area contributed by atoms with E-state index in [4.69, 9.17) is 21.1 Å². The van der Waals surface area contributed by atoms with Gasteiger partial charge in [0.25, 0.3) is 0 Å². The third-order valence-electron chi connectivity index (χ3n) is 2.77. The van der Waals surface area contributed by atoms with Gasteiger partial charge in [0, 0.05) is 29.8 Å². The highest BCUT2D eigenvalue weighted by molar-refractivity contribution is 6.30. The smallest absolute Gasteiger partial charge is 0.123 e. The van der Waals surface area contributed by atoms with Crippen LogP contribution in [0.5, 0.6) is 5.75 Å². The predicted octanol–water partition coefficient (Wildman–Crippen LogP) is 3.43. The van der Waals surface area contributed by atoms with Gasteiger partial charge < -0.3 is 14.8 Å². The average Bonchev–Trinajstić information content (AvgIpc) is 2.38. The molecule has 0 saturated heterocycles. The molecule has 0 radical (unpaired) electrons. The Kier molecular flexibility index (Phi) is 7.09. The third kappa shape index (κ3) is 4.48. The van der Waals surface area contributed by atoms with Crippen LogP contribution in [-0.4, -0.2) is 26.9 Å². The normalized spacial score (nSPS) is 12.4. The summed E-state index contributed by atoms with van der Waals surface area (Å²) in [5.41, 5.74) is 1.09. The lowest BCUT2D eigenvalue weighted by atomic mass is 10.0. The van der Waals surface area contributed by atoms with Crippen LogP contribution >= 0.6 is 11.6 Å². The second-order valence-corrected chi connectivity index (χ2v) is 4.42. The maximum absolute atomic E-state index is 6.06. The number of hydrogen-bond donors (Lipinski definition) is 1. The van der Waals surface area contributed by atoms with Crippen molar-refractivity contribution < 1.29 is 9.47 Å². The van der Waals surface area contributed by atoms with E-state index in [1.165, 1.54) is 0 Å². The molecule has 0 aromatic heterocycles. The van der Waals surface area contributed by atoms with Gasteiger partial charge in [0.05, 0.1) is 7.11 Å². The Bertz CT molecular complexity index is 358. The quantitative estimate of drug-likeness (QED) is 0.735. The summed E-state index contributed by atoms with van der Waals surface area (Å²) in [6.07, 6.45) is 0.901. The molecule has 1 N–H and O–H groups in total. The first kappa shape index (κ1) is 15.3. The first-order valence-electron chi connectivity index (χ1n) is 6.37. The first-order chi connectivity index (χ1) is 8.72. The van der Waals surface area contributed by atoms with E-state index < -0.39 is 0 Å². The first-order valence-corrected chi connectivity index (χ1v) is 6.75. The van der Waals surface area contributed by atoms with E-state index in [0.29, 0.717) is 0 Å². The molecule has 1 aromatic carbocycles. The molecular weight excluding hydrogens is 250 g/mol. The van der Waals surface area contributed by atoms with Crippen molar-refractivity contribution in [2.75, 3.05) is 26.9 Å². The Morgan fingerprint density at radius 1 is 1.33 bits per heavy atom. The molecule has 0 heterocycles. The fourth-order valence-electron chi connectivity index (χ4n) is 1.94. The van der Waals surface area contributed by atoms with Crippen molar-refractivity contribution in [3.05, 3.63) is 28.8 Å². The number of rotatable bonds is 8. The molecule has 0 aliphatic carbocycles. The van der Waals surface area contributed by atoms with Gasteiger partial charge in [-0.2, -0.15) is 0 Å². The average molecular weight is 272 g/mol. The van der Waals surface area contributed by atoms with Crippen molar-refractivity contribution in [3.63, 3.8) is 0 Å². The van der Waals surface area contributed by atoms with Crippen molar-refractivity contribution in [1.29, 1.82) is 0 Å². The van der Waals surface area contributed by atoms with Crippen LogP contribution in [0.2, 0.25) is 5.02 Å². The molecule has 0 saturated carbocycles. The van der Waals surface area contributed by atoms with E-state index in [1.807, 2.05) is 25.1 Å². The fourth-order valence-corrected chi connectivity index (χ4v) is 2.12. The largest absolute Gasteiger partial charge is 0.496 e. The molecule has 0 aliphatic rings. The Morgan fingerprint density at radius 3 is 2.72 bits per heavy atom. The van der Waals surface area contributed by atoms with E-state index in [-0.39, 0.29) is 6.04 Å². The van der Waals surface area contributed by atoms with E-state index in [2.05, 4.69) is 12.2 Å². The molecule has 1 atom stereocenters. The van der Waals surface area contributed by atoms with Gasteiger partial charge in [-0.15, -0.1) is 0 Å². The number of methoxy groups -OCH3 is 1. The Labute approximate surface area is 114 Å². The van der Waals surface area contributed by atoms with E-state index in [0.717, 1.165) is 42.5 Å². The van der Waals surface area contributed by atoms with Gasteiger partial charge >= 0.3 is 0 Å². The number of ether oxygens (including phenoxy) is 2. The van der Waals surface area contributed by atoms with E-state index >= 15 is 0 Å². The Hall–Kier alpha value is -0.770. The SMILES string of the molecule is CCNC(CCOCC)c1cc(Cl)ccc1OC. The highest BCUT2D eigenvalue weighted by Crippen LogP contribution is 2.30. The number of benzene rings is 1. The Balaban J connectivity index is 2.85. The van der Waals surface area contributed by atoms with Crippen LogP contribution in [0.3, 0.4) is 0 Å². The zero-order valence-electron chi connectivity index (χ0n) is 11.3. The molecule has 1 rings (SSSR count). The molecule has 1 aromatic rings. The zero-order chi connectivity index (χ0) is 13.4. The van der Waals surface area contributed by atoms with Crippen molar-refractivity contribution in [2.45, 2.75) is 26.3 Å². The standard InChI is InChI=1S/C14H22ClNO2/c1-4-16-13(8-9-18-5-2)12-10-11(15)6-7-14(12)17-3/h6-7,10,13,16H,4-5,8-9H2,1-3H3. The van der Waals surface area contributed by atoms with Gasteiger partial charge in [-0.05, 0) is 38.1 Å². The molecule has 0 amide bonds. The van der Waals surface area contributed by atoms with Gasteiger partial charge in [0.2, 0.25) is 0 Å². The van der Waals surface area contributed by atoms with Crippen LogP contribution in [0, 0.1) is 0 Å². The highest BCUT2D eigenvalue weighted by Gasteiger charge is 2.15. The molecule has 102 valence electrons.